The first-order chi connectivity index (χ1) is 15.3. The maximum atomic E-state index is 11.7. The van der Waals surface area contributed by atoms with E-state index in [0.717, 1.165) is 27.9 Å². The SMILES string of the molecule is CCOC(=O)Cc1cccc(Cn2nc(C)ccc2=O)c1.Cc1cccc(CC(N)=O)c1. The minimum atomic E-state index is -0.282. The second-order valence-corrected chi connectivity index (χ2v) is 7.40. The fraction of sp³-hybridized carbons (Fsp3) is 0.280. The zero-order valence-electron chi connectivity index (χ0n) is 18.7. The molecule has 1 heterocycles. The van der Waals surface area contributed by atoms with E-state index in [-0.39, 0.29) is 23.9 Å². The van der Waals surface area contributed by atoms with Gasteiger partial charge >= 0.3 is 5.97 Å². The average molecular weight is 436 g/mol. The molecule has 0 saturated carbocycles. The van der Waals surface area contributed by atoms with Gasteiger partial charge in [0.1, 0.15) is 0 Å². The normalized spacial score (nSPS) is 10.1. The number of aryl methyl sites for hydroxylation is 2. The number of aromatic nitrogens is 2. The van der Waals surface area contributed by atoms with Gasteiger partial charge in [0.05, 0.1) is 31.7 Å². The second kappa shape index (κ2) is 12.2. The van der Waals surface area contributed by atoms with Crippen LogP contribution in [-0.4, -0.2) is 28.3 Å². The maximum Gasteiger partial charge on any atom is 0.310 e. The first-order valence-electron chi connectivity index (χ1n) is 10.4. The lowest BCUT2D eigenvalue weighted by atomic mass is 10.1. The Labute approximate surface area is 187 Å². The van der Waals surface area contributed by atoms with Gasteiger partial charge in [0.2, 0.25) is 5.91 Å². The minimum absolute atomic E-state index is 0.142. The van der Waals surface area contributed by atoms with E-state index < -0.39 is 0 Å². The van der Waals surface area contributed by atoms with Gasteiger partial charge in [0.15, 0.2) is 0 Å². The molecule has 0 bridgehead atoms. The van der Waals surface area contributed by atoms with Crippen LogP contribution >= 0.6 is 0 Å². The molecular weight excluding hydrogens is 406 g/mol. The molecule has 2 aromatic carbocycles. The third-order valence-corrected chi connectivity index (χ3v) is 4.44. The number of rotatable bonds is 7. The number of ether oxygens (including phenoxy) is 1. The summed E-state index contributed by atoms with van der Waals surface area (Å²) in [5, 5.41) is 4.20. The monoisotopic (exact) mass is 435 g/mol. The van der Waals surface area contributed by atoms with Crippen LogP contribution in [-0.2, 0) is 33.7 Å². The number of hydrogen-bond donors (Lipinski definition) is 1. The topological polar surface area (TPSA) is 104 Å². The highest BCUT2D eigenvalue weighted by atomic mass is 16.5. The third kappa shape index (κ3) is 8.55. The molecule has 168 valence electrons. The fourth-order valence-electron chi connectivity index (χ4n) is 3.08. The number of primary amides is 1. The van der Waals surface area contributed by atoms with E-state index >= 15 is 0 Å². The molecule has 3 rings (SSSR count). The highest BCUT2D eigenvalue weighted by molar-refractivity contribution is 5.76. The van der Waals surface area contributed by atoms with Crippen LogP contribution in [0.5, 0.6) is 0 Å². The van der Waals surface area contributed by atoms with Crippen molar-refractivity contribution in [3.8, 4) is 0 Å². The van der Waals surface area contributed by atoms with E-state index in [9.17, 15) is 14.4 Å². The molecular formula is C25H29N3O4. The minimum Gasteiger partial charge on any atom is -0.466 e. The van der Waals surface area contributed by atoms with Crippen molar-refractivity contribution in [2.45, 2.75) is 40.2 Å². The van der Waals surface area contributed by atoms with Gasteiger partial charge in [-0.1, -0.05) is 54.1 Å². The van der Waals surface area contributed by atoms with Crippen LogP contribution in [0, 0.1) is 13.8 Å². The van der Waals surface area contributed by atoms with Crippen molar-refractivity contribution in [1.29, 1.82) is 0 Å². The summed E-state index contributed by atoms with van der Waals surface area (Å²) in [7, 11) is 0. The number of benzene rings is 2. The van der Waals surface area contributed by atoms with Crippen LogP contribution in [0.25, 0.3) is 0 Å². The molecule has 0 atom stereocenters. The largest absolute Gasteiger partial charge is 0.466 e. The Hall–Kier alpha value is -3.74. The summed E-state index contributed by atoms with van der Waals surface area (Å²) in [5.41, 5.74) is 9.62. The molecule has 32 heavy (non-hydrogen) atoms. The zero-order chi connectivity index (χ0) is 23.5. The summed E-state index contributed by atoms with van der Waals surface area (Å²) < 4.78 is 6.35. The standard InChI is InChI=1S/C16H18N2O3.C9H11NO/c1-3-21-16(20)10-13-5-4-6-14(9-13)11-18-15(19)8-7-12(2)17-18;1-7-3-2-4-8(5-7)6-9(10)11/h4-9H,3,10-11H2,1-2H3;2-5H,6H2,1H3,(H2,10,11). The van der Waals surface area contributed by atoms with E-state index in [2.05, 4.69) is 5.10 Å². The summed E-state index contributed by atoms with van der Waals surface area (Å²) >= 11 is 0. The van der Waals surface area contributed by atoms with Crippen LogP contribution < -0.4 is 11.3 Å². The fourth-order valence-corrected chi connectivity index (χ4v) is 3.08. The lowest BCUT2D eigenvalue weighted by Gasteiger charge is -2.07. The van der Waals surface area contributed by atoms with Crippen LogP contribution in [0.1, 0.15) is 34.9 Å². The summed E-state index contributed by atoms with van der Waals surface area (Å²) in [4.78, 5) is 33.7. The highest BCUT2D eigenvalue weighted by Crippen LogP contribution is 2.08. The van der Waals surface area contributed by atoms with E-state index in [0.29, 0.717) is 19.6 Å². The summed E-state index contributed by atoms with van der Waals surface area (Å²) in [6.07, 6.45) is 0.569. The zero-order valence-corrected chi connectivity index (χ0v) is 18.7. The molecule has 0 fully saturated rings. The van der Waals surface area contributed by atoms with Gasteiger partial charge in [-0.3, -0.25) is 14.4 Å². The molecule has 0 unspecified atom stereocenters. The number of carbonyl (C=O) groups excluding carboxylic acids is 2. The van der Waals surface area contributed by atoms with Crippen molar-refractivity contribution in [2.75, 3.05) is 6.61 Å². The molecule has 2 N–H and O–H groups in total. The molecule has 7 heteroatoms. The van der Waals surface area contributed by atoms with Crippen LogP contribution in [0.15, 0.2) is 65.5 Å². The van der Waals surface area contributed by atoms with Crippen molar-refractivity contribution in [1.82, 2.24) is 9.78 Å². The predicted octanol–water partition coefficient (Wildman–Crippen LogP) is 2.73. The molecule has 0 radical (unpaired) electrons. The van der Waals surface area contributed by atoms with E-state index in [1.165, 1.54) is 10.7 Å². The average Bonchev–Trinajstić information content (AvgIpc) is 2.71. The van der Waals surface area contributed by atoms with Crippen molar-refractivity contribution < 1.29 is 14.3 Å². The van der Waals surface area contributed by atoms with Gasteiger partial charge in [-0.15, -0.1) is 0 Å². The Bertz CT molecular complexity index is 1120. The Kier molecular flexibility index (Phi) is 9.35. The van der Waals surface area contributed by atoms with Gasteiger partial charge in [-0.05, 0) is 43.5 Å². The molecule has 1 amide bonds. The Morgan fingerprint density at radius 3 is 2.25 bits per heavy atom. The van der Waals surface area contributed by atoms with Crippen molar-refractivity contribution in [3.05, 3.63) is 99.0 Å². The maximum absolute atomic E-state index is 11.7. The number of carbonyl (C=O) groups is 2. The first kappa shape index (κ1) is 24.5. The number of nitrogens with zero attached hydrogens (tertiary/aromatic N) is 2. The summed E-state index contributed by atoms with van der Waals surface area (Å²) in [5.74, 6) is -0.531. The lowest BCUT2D eigenvalue weighted by Crippen LogP contribution is -2.23. The Balaban J connectivity index is 0.000000278. The van der Waals surface area contributed by atoms with Gasteiger partial charge < -0.3 is 10.5 Å². The van der Waals surface area contributed by atoms with Crippen molar-refractivity contribution in [2.24, 2.45) is 5.73 Å². The number of amides is 1. The molecule has 1 aromatic heterocycles. The van der Waals surface area contributed by atoms with E-state index in [4.69, 9.17) is 10.5 Å². The first-order valence-corrected chi connectivity index (χ1v) is 10.4. The molecule has 0 aliphatic carbocycles. The number of hydrogen-bond acceptors (Lipinski definition) is 5. The van der Waals surface area contributed by atoms with Gasteiger partial charge in [0, 0.05) is 6.07 Å². The van der Waals surface area contributed by atoms with Crippen LogP contribution in [0.2, 0.25) is 0 Å². The number of esters is 1. The third-order valence-electron chi connectivity index (χ3n) is 4.44. The van der Waals surface area contributed by atoms with Gasteiger partial charge in [-0.2, -0.15) is 5.10 Å². The Morgan fingerprint density at radius 1 is 0.938 bits per heavy atom. The lowest BCUT2D eigenvalue weighted by molar-refractivity contribution is -0.142. The quantitative estimate of drug-likeness (QED) is 0.575. The second-order valence-electron chi connectivity index (χ2n) is 7.40. The molecule has 0 aliphatic heterocycles. The van der Waals surface area contributed by atoms with E-state index in [1.807, 2.05) is 62.4 Å². The van der Waals surface area contributed by atoms with Crippen LogP contribution in [0.3, 0.4) is 0 Å². The smallest absolute Gasteiger partial charge is 0.310 e. The van der Waals surface area contributed by atoms with Crippen molar-refractivity contribution >= 4 is 11.9 Å². The molecule has 0 aliphatic rings. The van der Waals surface area contributed by atoms with Gasteiger partial charge in [0.25, 0.3) is 5.56 Å². The van der Waals surface area contributed by atoms with Gasteiger partial charge in [-0.25, -0.2) is 4.68 Å². The molecule has 0 spiro atoms. The van der Waals surface area contributed by atoms with Crippen LogP contribution in [0.4, 0.5) is 0 Å². The highest BCUT2D eigenvalue weighted by Gasteiger charge is 2.06. The summed E-state index contributed by atoms with van der Waals surface area (Å²) in [6.45, 7) is 6.38. The predicted molar refractivity (Wildman–Crippen MR) is 123 cm³/mol. The Morgan fingerprint density at radius 2 is 1.59 bits per heavy atom. The molecule has 3 aromatic rings. The summed E-state index contributed by atoms with van der Waals surface area (Å²) in [6, 6.07) is 18.5. The van der Waals surface area contributed by atoms with Crippen molar-refractivity contribution in [3.63, 3.8) is 0 Å². The van der Waals surface area contributed by atoms with E-state index in [1.54, 1.807) is 13.0 Å². The number of nitrogens with two attached hydrogens (primary N) is 1. The molecule has 0 saturated heterocycles. The molecule has 7 nitrogen and oxygen atoms in total.